The number of aromatic nitrogens is 1. The Balaban J connectivity index is 1.35. The summed E-state index contributed by atoms with van der Waals surface area (Å²) in [6, 6.07) is 19.5. The van der Waals surface area contributed by atoms with Gasteiger partial charge in [-0.25, -0.2) is 4.98 Å². The number of pyridine rings is 1. The highest BCUT2D eigenvalue weighted by atomic mass is 16.5. The maximum atomic E-state index is 13.5. The Labute approximate surface area is 210 Å². The van der Waals surface area contributed by atoms with E-state index in [2.05, 4.69) is 16.4 Å². The number of carbonyl (C=O) groups excluding carboxylic acids is 2. The van der Waals surface area contributed by atoms with E-state index >= 15 is 0 Å². The maximum Gasteiger partial charge on any atom is 0.254 e. The minimum atomic E-state index is -0.507. The van der Waals surface area contributed by atoms with E-state index in [0.717, 1.165) is 31.2 Å². The first-order valence-corrected chi connectivity index (χ1v) is 12.4. The molecule has 1 aromatic heterocycles. The molecule has 3 atom stereocenters. The van der Waals surface area contributed by atoms with Crippen molar-refractivity contribution in [1.29, 1.82) is 5.26 Å². The number of ether oxygens (including phenoxy) is 1. The van der Waals surface area contributed by atoms with Crippen molar-refractivity contribution in [3.8, 4) is 17.7 Å². The number of benzene rings is 2. The lowest BCUT2D eigenvalue weighted by molar-refractivity contribution is -0.120. The zero-order chi connectivity index (χ0) is 25.1. The van der Waals surface area contributed by atoms with Gasteiger partial charge in [0.15, 0.2) is 0 Å². The number of carbonyl (C=O) groups is 2. The number of fused-ring (bicyclic) bond motifs is 1. The van der Waals surface area contributed by atoms with Crippen LogP contribution in [-0.2, 0) is 4.79 Å². The highest BCUT2D eigenvalue weighted by molar-refractivity contribution is 6.02. The predicted octanol–water partition coefficient (Wildman–Crippen LogP) is 5.47. The van der Waals surface area contributed by atoms with Crippen molar-refractivity contribution in [3.63, 3.8) is 0 Å². The fourth-order valence-corrected chi connectivity index (χ4v) is 5.44. The molecule has 0 bridgehead atoms. The Kier molecular flexibility index (Phi) is 6.68. The van der Waals surface area contributed by atoms with Gasteiger partial charge in [0.05, 0.1) is 0 Å². The topological polar surface area (TPSA) is 95.3 Å². The van der Waals surface area contributed by atoms with Crippen molar-refractivity contribution in [2.24, 2.45) is 5.92 Å². The lowest BCUT2D eigenvalue weighted by Gasteiger charge is -2.33. The monoisotopic (exact) mass is 480 g/mol. The summed E-state index contributed by atoms with van der Waals surface area (Å²) in [5.41, 5.74) is 2.44. The van der Waals surface area contributed by atoms with Crippen LogP contribution in [0, 0.1) is 24.2 Å². The summed E-state index contributed by atoms with van der Waals surface area (Å²) in [5, 5.41) is 12.3. The Hall–Kier alpha value is -4.18. The third-order valence-electron chi connectivity index (χ3n) is 7.21. The van der Waals surface area contributed by atoms with Gasteiger partial charge in [-0.3, -0.25) is 9.59 Å². The van der Waals surface area contributed by atoms with E-state index in [9.17, 15) is 14.9 Å². The average Bonchev–Trinajstić information content (AvgIpc) is 3.30. The SMILES string of the molecule is Cc1cc(Oc2ncccc2C#N)ccc1NC(=O)C1CC2CCCCC2N1C(=O)c1ccccc1. The number of anilines is 1. The molecule has 7 heteroatoms. The van der Waals surface area contributed by atoms with Crippen LogP contribution in [0.4, 0.5) is 5.69 Å². The van der Waals surface area contributed by atoms with Crippen LogP contribution in [0.15, 0.2) is 66.9 Å². The Morgan fingerprint density at radius 3 is 2.67 bits per heavy atom. The van der Waals surface area contributed by atoms with E-state index < -0.39 is 6.04 Å². The normalized spacial score (nSPS) is 20.8. The number of hydrogen-bond acceptors (Lipinski definition) is 5. The largest absolute Gasteiger partial charge is 0.438 e. The van der Waals surface area contributed by atoms with Crippen molar-refractivity contribution in [2.45, 2.75) is 51.1 Å². The smallest absolute Gasteiger partial charge is 0.254 e. The van der Waals surface area contributed by atoms with Crippen molar-refractivity contribution in [3.05, 3.63) is 83.6 Å². The Bertz CT molecular complexity index is 1320. The van der Waals surface area contributed by atoms with Crippen LogP contribution in [-0.4, -0.2) is 33.8 Å². The third-order valence-corrected chi connectivity index (χ3v) is 7.21. The van der Waals surface area contributed by atoms with Crippen LogP contribution in [0.1, 0.15) is 53.6 Å². The van der Waals surface area contributed by atoms with Gasteiger partial charge in [0.2, 0.25) is 11.8 Å². The second kappa shape index (κ2) is 10.2. The van der Waals surface area contributed by atoms with Crippen LogP contribution in [0.2, 0.25) is 0 Å². The number of amides is 2. The van der Waals surface area contributed by atoms with Crippen LogP contribution >= 0.6 is 0 Å². The van der Waals surface area contributed by atoms with Crippen LogP contribution in [0.3, 0.4) is 0 Å². The zero-order valence-electron chi connectivity index (χ0n) is 20.2. The van der Waals surface area contributed by atoms with E-state index in [-0.39, 0.29) is 23.7 Å². The number of nitrogens with zero attached hydrogens (tertiary/aromatic N) is 3. The molecule has 5 rings (SSSR count). The third kappa shape index (κ3) is 4.67. The van der Waals surface area contributed by atoms with E-state index in [4.69, 9.17) is 4.74 Å². The molecule has 0 radical (unpaired) electrons. The van der Waals surface area contributed by atoms with Crippen molar-refractivity contribution in [2.75, 3.05) is 5.32 Å². The second-order valence-corrected chi connectivity index (χ2v) is 9.48. The van der Waals surface area contributed by atoms with Crippen LogP contribution in [0.25, 0.3) is 0 Å². The van der Waals surface area contributed by atoms with E-state index in [0.29, 0.717) is 34.9 Å². The average molecular weight is 481 g/mol. The van der Waals surface area contributed by atoms with Gasteiger partial charge in [0.1, 0.15) is 23.4 Å². The summed E-state index contributed by atoms with van der Waals surface area (Å²) in [4.78, 5) is 33.0. The summed E-state index contributed by atoms with van der Waals surface area (Å²) in [7, 11) is 0. The number of rotatable bonds is 5. The van der Waals surface area contributed by atoms with Crippen LogP contribution in [0.5, 0.6) is 11.6 Å². The van der Waals surface area contributed by atoms with Gasteiger partial charge in [-0.15, -0.1) is 0 Å². The molecule has 1 aliphatic carbocycles. The first-order valence-electron chi connectivity index (χ1n) is 12.4. The number of aryl methyl sites for hydroxylation is 1. The van der Waals surface area contributed by atoms with E-state index in [1.165, 1.54) is 0 Å². The van der Waals surface area contributed by atoms with Gasteiger partial charge in [-0.1, -0.05) is 31.0 Å². The van der Waals surface area contributed by atoms with Gasteiger partial charge in [-0.2, -0.15) is 5.26 Å². The first kappa shape index (κ1) is 23.6. The molecule has 1 saturated carbocycles. The minimum Gasteiger partial charge on any atom is -0.438 e. The molecule has 1 saturated heterocycles. The summed E-state index contributed by atoms with van der Waals surface area (Å²) in [6.07, 6.45) is 6.48. The lowest BCUT2D eigenvalue weighted by Crippen LogP contribution is -2.47. The molecule has 1 N–H and O–H groups in total. The van der Waals surface area contributed by atoms with Gasteiger partial charge in [0.25, 0.3) is 5.91 Å². The molecule has 2 fully saturated rings. The van der Waals surface area contributed by atoms with Gasteiger partial charge in [0, 0.05) is 23.5 Å². The number of nitrogens with one attached hydrogen (secondary N) is 1. The second-order valence-electron chi connectivity index (χ2n) is 9.48. The molecule has 7 nitrogen and oxygen atoms in total. The molecule has 3 aromatic rings. The summed E-state index contributed by atoms with van der Waals surface area (Å²) in [5.74, 6) is 0.872. The maximum absolute atomic E-state index is 13.5. The van der Waals surface area contributed by atoms with E-state index in [1.54, 1.807) is 36.5 Å². The van der Waals surface area contributed by atoms with Gasteiger partial charge in [-0.05, 0) is 80.1 Å². The summed E-state index contributed by atoms with van der Waals surface area (Å²) < 4.78 is 5.80. The standard InChI is InChI=1S/C29H28N4O3/c1-19-16-23(36-28-22(18-30)11-7-15-31-28)13-14-24(19)32-27(34)26-17-21-10-5-6-12-25(21)33(26)29(35)20-8-3-2-4-9-20/h2-4,7-9,11,13-16,21,25-26H,5-6,10,12,17H2,1H3,(H,32,34). The lowest BCUT2D eigenvalue weighted by atomic mass is 9.84. The predicted molar refractivity (Wildman–Crippen MR) is 136 cm³/mol. The zero-order valence-corrected chi connectivity index (χ0v) is 20.2. The van der Waals surface area contributed by atoms with Gasteiger partial charge >= 0.3 is 0 Å². The van der Waals surface area contributed by atoms with Crippen molar-refractivity contribution >= 4 is 17.5 Å². The Morgan fingerprint density at radius 2 is 1.89 bits per heavy atom. The van der Waals surface area contributed by atoms with Crippen LogP contribution < -0.4 is 10.1 Å². The number of likely N-dealkylation sites (tertiary alicyclic amines) is 1. The quantitative estimate of drug-likeness (QED) is 0.523. The molecule has 1 aliphatic heterocycles. The fourth-order valence-electron chi connectivity index (χ4n) is 5.44. The minimum absolute atomic E-state index is 0.0747. The Morgan fingerprint density at radius 1 is 1.08 bits per heavy atom. The van der Waals surface area contributed by atoms with Gasteiger partial charge < -0.3 is 15.0 Å². The molecule has 2 amide bonds. The molecular weight excluding hydrogens is 452 g/mol. The first-order chi connectivity index (χ1) is 17.5. The highest BCUT2D eigenvalue weighted by Gasteiger charge is 2.47. The number of hydrogen-bond donors (Lipinski definition) is 1. The molecule has 2 heterocycles. The van der Waals surface area contributed by atoms with Crippen molar-refractivity contribution in [1.82, 2.24) is 9.88 Å². The molecular formula is C29H28N4O3. The van der Waals surface area contributed by atoms with E-state index in [1.807, 2.05) is 42.2 Å². The molecule has 2 aliphatic rings. The number of nitriles is 1. The molecule has 36 heavy (non-hydrogen) atoms. The molecule has 2 aromatic carbocycles. The summed E-state index contributed by atoms with van der Waals surface area (Å²) >= 11 is 0. The summed E-state index contributed by atoms with van der Waals surface area (Å²) in [6.45, 7) is 1.88. The van der Waals surface area contributed by atoms with Crippen molar-refractivity contribution < 1.29 is 14.3 Å². The molecule has 182 valence electrons. The molecule has 0 spiro atoms. The fraction of sp³-hybridized carbons (Fsp3) is 0.310. The molecule has 3 unspecified atom stereocenters. The highest BCUT2D eigenvalue weighted by Crippen LogP contribution is 2.41.